The highest BCUT2D eigenvalue weighted by molar-refractivity contribution is 6.39. The summed E-state index contributed by atoms with van der Waals surface area (Å²) in [6.45, 7) is 2.25. The van der Waals surface area contributed by atoms with Gasteiger partial charge in [-0.05, 0) is 25.3 Å². The van der Waals surface area contributed by atoms with E-state index in [1.165, 1.54) is 12.1 Å². The molecule has 7 heteroatoms. The summed E-state index contributed by atoms with van der Waals surface area (Å²) in [7, 11) is 0. The van der Waals surface area contributed by atoms with Gasteiger partial charge in [-0.3, -0.25) is 10.1 Å². The van der Waals surface area contributed by atoms with Crippen molar-refractivity contribution >= 4 is 34.6 Å². The van der Waals surface area contributed by atoms with Crippen molar-refractivity contribution in [2.24, 2.45) is 11.7 Å². The van der Waals surface area contributed by atoms with Gasteiger partial charge in [0.25, 0.3) is 5.69 Å². The molecule has 1 heterocycles. The molecule has 1 unspecified atom stereocenters. The van der Waals surface area contributed by atoms with Crippen molar-refractivity contribution in [2.75, 3.05) is 24.5 Å². The van der Waals surface area contributed by atoms with E-state index in [0.29, 0.717) is 28.2 Å². The number of nitro benzene ring substituents is 1. The highest BCUT2D eigenvalue weighted by Crippen LogP contribution is 2.39. The number of hydrogen-bond acceptors (Lipinski definition) is 4. The van der Waals surface area contributed by atoms with E-state index in [4.69, 9.17) is 28.9 Å². The van der Waals surface area contributed by atoms with Crippen LogP contribution in [-0.4, -0.2) is 24.6 Å². The minimum atomic E-state index is -0.500. The molecule has 1 fully saturated rings. The molecule has 0 spiro atoms. The number of non-ortho nitro benzene ring substituents is 1. The van der Waals surface area contributed by atoms with Crippen molar-refractivity contribution in [3.63, 3.8) is 0 Å². The molecule has 0 aliphatic carbocycles. The van der Waals surface area contributed by atoms with Crippen LogP contribution in [0.3, 0.4) is 0 Å². The standard InChI is InChI=1S/C12H15Cl2N3O2/c13-10-4-9(17(18)19)5-11(14)12(10)16-3-1-2-8(6-15)7-16/h4-5,8H,1-3,6-7,15H2. The minimum absolute atomic E-state index is 0.0915. The first-order valence-corrected chi connectivity index (χ1v) is 6.87. The molecule has 0 bridgehead atoms. The lowest BCUT2D eigenvalue weighted by Crippen LogP contribution is -2.38. The topological polar surface area (TPSA) is 72.4 Å². The third-order valence-electron chi connectivity index (χ3n) is 3.38. The Labute approximate surface area is 121 Å². The normalized spacial score (nSPS) is 19.5. The molecule has 1 aliphatic heterocycles. The van der Waals surface area contributed by atoms with E-state index in [1.807, 2.05) is 0 Å². The lowest BCUT2D eigenvalue weighted by Gasteiger charge is -2.34. The quantitative estimate of drug-likeness (QED) is 0.688. The zero-order valence-electron chi connectivity index (χ0n) is 10.3. The van der Waals surface area contributed by atoms with Crippen molar-refractivity contribution in [2.45, 2.75) is 12.8 Å². The van der Waals surface area contributed by atoms with Gasteiger partial charge in [0.15, 0.2) is 0 Å². The number of nitrogens with zero attached hydrogens (tertiary/aromatic N) is 2. The number of halogens is 2. The first-order chi connectivity index (χ1) is 9.02. The molecule has 0 aromatic heterocycles. The third kappa shape index (κ3) is 3.11. The lowest BCUT2D eigenvalue weighted by atomic mass is 9.98. The van der Waals surface area contributed by atoms with Gasteiger partial charge < -0.3 is 10.6 Å². The number of anilines is 1. The summed E-state index contributed by atoms with van der Waals surface area (Å²) in [5, 5.41) is 11.4. The van der Waals surface area contributed by atoms with Crippen LogP contribution in [0.2, 0.25) is 10.0 Å². The molecule has 19 heavy (non-hydrogen) atoms. The molecular weight excluding hydrogens is 289 g/mol. The van der Waals surface area contributed by atoms with Crippen LogP contribution in [0, 0.1) is 16.0 Å². The van der Waals surface area contributed by atoms with Crippen LogP contribution < -0.4 is 10.6 Å². The second-order valence-electron chi connectivity index (χ2n) is 4.71. The molecule has 0 saturated carbocycles. The van der Waals surface area contributed by atoms with E-state index in [0.717, 1.165) is 25.9 Å². The van der Waals surface area contributed by atoms with E-state index in [9.17, 15) is 10.1 Å². The van der Waals surface area contributed by atoms with E-state index in [2.05, 4.69) is 4.90 Å². The van der Waals surface area contributed by atoms with Crippen LogP contribution in [0.25, 0.3) is 0 Å². The molecule has 1 atom stereocenters. The van der Waals surface area contributed by atoms with Gasteiger partial charge in [0, 0.05) is 25.2 Å². The van der Waals surface area contributed by atoms with Crippen LogP contribution in [0.15, 0.2) is 12.1 Å². The maximum absolute atomic E-state index is 10.7. The predicted molar refractivity (Wildman–Crippen MR) is 77.1 cm³/mol. The van der Waals surface area contributed by atoms with Crippen LogP contribution in [0.4, 0.5) is 11.4 Å². The molecular formula is C12H15Cl2N3O2. The van der Waals surface area contributed by atoms with Gasteiger partial charge in [-0.15, -0.1) is 0 Å². The molecule has 0 amide bonds. The second kappa shape index (κ2) is 5.94. The number of nitrogens with two attached hydrogens (primary N) is 1. The SMILES string of the molecule is NCC1CCCN(c2c(Cl)cc([N+](=O)[O-])cc2Cl)C1. The summed E-state index contributed by atoms with van der Waals surface area (Å²) in [4.78, 5) is 12.3. The monoisotopic (exact) mass is 303 g/mol. The first-order valence-electron chi connectivity index (χ1n) is 6.11. The van der Waals surface area contributed by atoms with Gasteiger partial charge in [0.2, 0.25) is 0 Å². The fourth-order valence-corrected chi connectivity index (χ4v) is 3.13. The van der Waals surface area contributed by atoms with Crippen molar-refractivity contribution in [3.05, 3.63) is 32.3 Å². The Morgan fingerprint density at radius 3 is 2.58 bits per heavy atom. The summed E-state index contributed by atoms with van der Waals surface area (Å²) in [5.74, 6) is 0.413. The van der Waals surface area contributed by atoms with Gasteiger partial charge in [0.05, 0.1) is 20.7 Å². The Hall–Kier alpha value is -1.04. The summed E-state index contributed by atoms with van der Waals surface area (Å²) >= 11 is 12.3. The molecule has 1 aliphatic rings. The molecule has 104 valence electrons. The second-order valence-corrected chi connectivity index (χ2v) is 5.52. The maximum Gasteiger partial charge on any atom is 0.272 e. The molecule has 1 aromatic carbocycles. The molecule has 1 aromatic rings. The highest BCUT2D eigenvalue weighted by Gasteiger charge is 2.24. The molecule has 1 saturated heterocycles. The fourth-order valence-electron chi connectivity index (χ4n) is 2.42. The number of hydrogen-bond donors (Lipinski definition) is 1. The largest absolute Gasteiger partial charge is 0.369 e. The average molecular weight is 304 g/mol. The van der Waals surface area contributed by atoms with E-state index < -0.39 is 4.92 Å². The van der Waals surface area contributed by atoms with Crippen LogP contribution in [0.1, 0.15) is 12.8 Å². The van der Waals surface area contributed by atoms with E-state index >= 15 is 0 Å². The van der Waals surface area contributed by atoms with Crippen LogP contribution in [-0.2, 0) is 0 Å². The average Bonchev–Trinajstić information content (AvgIpc) is 2.38. The summed E-state index contributed by atoms with van der Waals surface area (Å²) in [6, 6.07) is 2.68. The molecule has 2 rings (SSSR count). The van der Waals surface area contributed by atoms with Gasteiger partial charge in [-0.2, -0.15) is 0 Å². The molecule has 0 radical (unpaired) electrons. The Kier molecular flexibility index (Phi) is 4.50. The van der Waals surface area contributed by atoms with Crippen molar-refractivity contribution in [1.29, 1.82) is 0 Å². The zero-order chi connectivity index (χ0) is 14.0. The van der Waals surface area contributed by atoms with E-state index in [1.54, 1.807) is 0 Å². The summed E-state index contributed by atoms with van der Waals surface area (Å²) < 4.78 is 0. The molecule has 2 N–H and O–H groups in total. The summed E-state index contributed by atoms with van der Waals surface area (Å²) in [5.41, 5.74) is 6.28. The Balaban J connectivity index is 2.31. The molecule has 5 nitrogen and oxygen atoms in total. The van der Waals surface area contributed by atoms with Gasteiger partial charge in [-0.1, -0.05) is 23.2 Å². The van der Waals surface area contributed by atoms with Crippen LogP contribution >= 0.6 is 23.2 Å². The van der Waals surface area contributed by atoms with Crippen molar-refractivity contribution < 1.29 is 4.92 Å². The fraction of sp³-hybridized carbons (Fsp3) is 0.500. The number of rotatable bonds is 3. The number of benzene rings is 1. The number of nitro groups is 1. The minimum Gasteiger partial charge on any atom is -0.369 e. The Morgan fingerprint density at radius 1 is 1.42 bits per heavy atom. The number of piperidine rings is 1. The third-order valence-corrected chi connectivity index (χ3v) is 3.96. The Bertz CT molecular complexity index is 473. The van der Waals surface area contributed by atoms with Crippen molar-refractivity contribution in [3.8, 4) is 0 Å². The smallest absolute Gasteiger partial charge is 0.272 e. The van der Waals surface area contributed by atoms with Crippen molar-refractivity contribution in [1.82, 2.24) is 0 Å². The van der Waals surface area contributed by atoms with Gasteiger partial charge in [0.1, 0.15) is 0 Å². The maximum atomic E-state index is 10.7. The lowest BCUT2D eigenvalue weighted by molar-refractivity contribution is -0.384. The van der Waals surface area contributed by atoms with Gasteiger partial charge >= 0.3 is 0 Å². The Morgan fingerprint density at radius 2 is 2.05 bits per heavy atom. The zero-order valence-corrected chi connectivity index (χ0v) is 11.8. The first kappa shape index (κ1) is 14.4. The van der Waals surface area contributed by atoms with Gasteiger partial charge in [-0.25, -0.2) is 0 Å². The van der Waals surface area contributed by atoms with Crippen LogP contribution in [0.5, 0.6) is 0 Å². The van der Waals surface area contributed by atoms with E-state index in [-0.39, 0.29) is 5.69 Å². The summed E-state index contributed by atoms with van der Waals surface area (Å²) in [6.07, 6.45) is 2.11. The predicted octanol–water partition coefficient (Wildman–Crippen LogP) is 3.08. The highest BCUT2D eigenvalue weighted by atomic mass is 35.5.